The molecule has 1 unspecified atom stereocenters. The van der Waals surface area contributed by atoms with Crippen LogP contribution in [0.4, 0.5) is 4.39 Å². The third-order valence-electron chi connectivity index (χ3n) is 1.61. The lowest BCUT2D eigenvalue weighted by atomic mass is 10.4. The lowest BCUT2D eigenvalue weighted by molar-refractivity contribution is -0.170. The van der Waals surface area contributed by atoms with Gasteiger partial charge in [-0.15, -0.1) is 0 Å². The van der Waals surface area contributed by atoms with Crippen molar-refractivity contribution in [3.05, 3.63) is 0 Å². The first kappa shape index (κ1) is 14.3. The van der Waals surface area contributed by atoms with E-state index in [1.165, 1.54) is 0 Å². The van der Waals surface area contributed by atoms with Crippen molar-refractivity contribution in [1.29, 1.82) is 0 Å². The Morgan fingerprint density at radius 2 is 2.00 bits per heavy atom. The van der Waals surface area contributed by atoms with E-state index in [0.717, 1.165) is 12.8 Å². The van der Waals surface area contributed by atoms with E-state index < -0.39 is 12.3 Å². The summed E-state index contributed by atoms with van der Waals surface area (Å²) < 4.78 is 26.9. The van der Waals surface area contributed by atoms with Gasteiger partial charge in [0.25, 0.3) is 6.36 Å². The Balaban J connectivity index is 3.30. The van der Waals surface area contributed by atoms with Gasteiger partial charge in [-0.25, -0.2) is 9.18 Å². The molecular formula is C10H19FO4. The first-order valence-electron chi connectivity index (χ1n) is 5.22. The van der Waals surface area contributed by atoms with Gasteiger partial charge >= 0.3 is 5.97 Å². The summed E-state index contributed by atoms with van der Waals surface area (Å²) in [4.78, 5) is 10.7. The smallest absolute Gasteiger partial charge is 0.368 e. The van der Waals surface area contributed by atoms with Gasteiger partial charge in [-0.2, -0.15) is 0 Å². The van der Waals surface area contributed by atoms with Gasteiger partial charge in [0, 0.05) is 6.61 Å². The second kappa shape index (κ2) is 9.86. The minimum absolute atomic E-state index is 0.0592. The van der Waals surface area contributed by atoms with E-state index in [0.29, 0.717) is 13.2 Å². The third kappa shape index (κ3) is 8.32. The van der Waals surface area contributed by atoms with E-state index in [-0.39, 0.29) is 13.2 Å². The number of hydrogen-bond donors (Lipinski definition) is 0. The van der Waals surface area contributed by atoms with E-state index >= 15 is 0 Å². The second-order valence-electron chi connectivity index (χ2n) is 2.90. The van der Waals surface area contributed by atoms with Crippen LogP contribution >= 0.6 is 0 Å². The topological polar surface area (TPSA) is 44.8 Å². The molecule has 0 aromatic heterocycles. The van der Waals surface area contributed by atoms with Crippen LogP contribution in [0.2, 0.25) is 0 Å². The summed E-state index contributed by atoms with van der Waals surface area (Å²) >= 11 is 0. The van der Waals surface area contributed by atoms with Gasteiger partial charge in [0.2, 0.25) is 0 Å². The zero-order chi connectivity index (χ0) is 11.5. The number of hydrogen-bond acceptors (Lipinski definition) is 4. The molecule has 0 aromatic carbocycles. The Bertz CT molecular complexity index is 164. The average Bonchev–Trinajstić information content (AvgIpc) is 2.23. The van der Waals surface area contributed by atoms with Crippen LogP contribution in [-0.2, 0) is 19.0 Å². The van der Waals surface area contributed by atoms with Crippen molar-refractivity contribution >= 4 is 5.97 Å². The number of alkyl halides is 1. The molecular weight excluding hydrogens is 203 g/mol. The molecule has 0 rings (SSSR count). The van der Waals surface area contributed by atoms with E-state index in [9.17, 15) is 9.18 Å². The molecule has 0 radical (unpaired) electrons. The quantitative estimate of drug-likeness (QED) is 0.440. The zero-order valence-electron chi connectivity index (χ0n) is 9.33. The van der Waals surface area contributed by atoms with Gasteiger partial charge in [-0.3, -0.25) is 0 Å². The molecule has 90 valence electrons. The third-order valence-corrected chi connectivity index (χ3v) is 1.61. The highest BCUT2D eigenvalue weighted by atomic mass is 19.1. The van der Waals surface area contributed by atoms with Crippen LogP contribution in [0.15, 0.2) is 0 Å². The average molecular weight is 222 g/mol. The second-order valence-corrected chi connectivity index (χ2v) is 2.90. The lowest BCUT2D eigenvalue weighted by Crippen LogP contribution is -2.23. The fourth-order valence-electron chi connectivity index (χ4n) is 0.835. The number of unbranched alkanes of at least 4 members (excludes halogenated alkanes) is 1. The van der Waals surface area contributed by atoms with Gasteiger partial charge in [-0.05, 0) is 13.3 Å². The largest absolute Gasteiger partial charge is 0.462 e. The zero-order valence-corrected chi connectivity index (χ0v) is 9.33. The molecule has 5 heteroatoms. The maximum Gasteiger partial charge on any atom is 0.368 e. The first-order valence-corrected chi connectivity index (χ1v) is 5.22. The highest BCUT2D eigenvalue weighted by Gasteiger charge is 2.18. The van der Waals surface area contributed by atoms with Crippen LogP contribution in [0.3, 0.4) is 0 Å². The monoisotopic (exact) mass is 222 g/mol. The summed E-state index contributed by atoms with van der Waals surface area (Å²) in [6.07, 6.45) is 0.0199. The minimum atomic E-state index is -2.00. The van der Waals surface area contributed by atoms with Crippen molar-refractivity contribution in [2.45, 2.75) is 33.0 Å². The predicted molar refractivity (Wildman–Crippen MR) is 53.2 cm³/mol. The molecule has 1 atom stereocenters. The molecule has 0 N–H and O–H groups in total. The molecule has 15 heavy (non-hydrogen) atoms. The normalized spacial score (nSPS) is 12.5. The molecule has 0 saturated heterocycles. The molecule has 0 fully saturated rings. The van der Waals surface area contributed by atoms with Crippen molar-refractivity contribution in [2.24, 2.45) is 0 Å². The molecule has 0 spiro atoms. The van der Waals surface area contributed by atoms with E-state index in [1.54, 1.807) is 6.92 Å². The van der Waals surface area contributed by atoms with Crippen LogP contribution < -0.4 is 0 Å². The molecule has 0 aliphatic heterocycles. The highest BCUT2D eigenvalue weighted by Crippen LogP contribution is 1.97. The molecule has 4 nitrogen and oxygen atoms in total. The summed E-state index contributed by atoms with van der Waals surface area (Å²) in [5.74, 6) is -0.981. The lowest BCUT2D eigenvalue weighted by Gasteiger charge is -2.08. The summed E-state index contributed by atoms with van der Waals surface area (Å²) in [7, 11) is 0. The molecule has 0 heterocycles. The molecule has 0 saturated carbocycles. The Morgan fingerprint density at radius 1 is 1.27 bits per heavy atom. The summed E-state index contributed by atoms with van der Waals surface area (Å²) in [6.45, 7) is 4.80. The number of halogens is 1. The highest BCUT2D eigenvalue weighted by molar-refractivity contribution is 5.72. The van der Waals surface area contributed by atoms with E-state index in [1.807, 2.05) is 0 Å². The minimum Gasteiger partial charge on any atom is -0.462 e. The van der Waals surface area contributed by atoms with Crippen LogP contribution in [0.1, 0.15) is 26.7 Å². The molecule has 0 aliphatic rings. The van der Waals surface area contributed by atoms with E-state index in [4.69, 9.17) is 4.74 Å². The van der Waals surface area contributed by atoms with E-state index in [2.05, 4.69) is 16.4 Å². The molecule has 0 amide bonds. The number of ether oxygens (including phenoxy) is 3. The first-order chi connectivity index (χ1) is 7.22. The van der Waals surface area contributed by atoms with Crippen LogP contribution in [-0.4, -0.2) is 38.8 Å². The molecule has 0 aliphatic carbocycles. The van der Waals surface area contributed by atoms with Gasteiger partial charge in [-0.1, -0.05) is 13.3 Å². The standard InChI is InChI=1S/C10H19FO4/c1-3-5-6-13-7-8-15-9(11)10(12)14-4-2/h9H,3-8H2,1-2H3. The Labute approximate surface area is 89.7 Å². The van der Waals surface area contributed by atoms with Crippen LogP contribution in [0.25, 0.3) is 0 Å². The summed E-state index contributed by atoms with van der Waals surface area (Å²) in [5.41, 5.74) is 0. The Kier molecular flexibility index (Phi) is 9.41. The van der Waals surface area contributed by atoms with Gasteiger partial charge in [0.1, 0.15) is 0 Å². The van der Waals surface area contributed by atoms with Crippen molar-refractivity contribution in [3.8, 4) is 0 Å². The number of carbonyl (C=O) groups excluding carboxylic acids is 1. The van der Waals surface area contributed by atoms with Gasteiger partial charge in [0.15, 0.2) is 0 Å². The Hall–Kier alpha value is -0.680. The SMILES string of the molecule is CCCCOCCOC(F)C(=O)OCC. The fraction of sp³-hybridized carbons (Fsp3) is 0.900. The van der Waals surface area contributed by atoms with Crippen LogP contribution in [0, 0.1) is 0 Å². The molecule has 0 aromatic rings. The van der Waals surface area contributed by atoms with Crippen molar-refractivity contribution in [1.82, 2.24) is 0 Å². The number of esters is 1. The fourth-order valence-corrected chi connectivity index (χ4v) is 0.835. The van der Waals surface area contributed by atoms with Gasteiger partial charge in [0.05, 0.1) is 19.8 Å². The molecule has 0 bridgehead atoms. The summed E-state index contributed by atoms with van der Waals surface area (Å²) in [6, 6.07) is 0. The maximum absolute atomic E-state index is 12.8. The number of carbonyl (C=O) groups is 1. The van der Waals surface area contributed by atoms with Crippen molar-refractivity contribution in [3.63, 3.8) is 0 Å². The summed E-state index contributed by atoms with van der Waals surface area (Å²) in [5, 5.41) is 0. The van der Waals surface area contributed by atoms with Crippen molar-refractivity contribution in [2.75, 3.05) is 26.4 Å². The maximum atomic E-state index is 12.8. The van der Waals surface area contributed by atoms with Crippen LogP contribution in [0.5, 0.6) is 0 Å². The number of rotatable bonds is 9. The Morgan fingerprint density at radius 3 is 2.60 bits per heavy atom. The van der Waals surface area contributed by atoms with Crippen molar-refractivity contribution < 1.29 is 23.4 Å². The predicted octanol–water partition coefficient (Wildman–Crippen LogP) is 1.68. The van der Waals surface area contributed by atoms with Gasteiger partial charge < -0.3 is 14.2 Å².